The van der Waals surface area contributed by atoms with Gasteiger partial charge in [-0.2, -0.15) is 0 Å². The summed E-state index contributed by atoms with van der Waals surface area (Å²) in [5.74, 6) is 0. The lowest BCUT2D eigenvalue weighted by Crippen LogP contribution is -2.36. The van der Waals surface area contributed by atoms with Gasteiger partial charge in [0.05, 0.1) is 17.9 Å². The van der Waals surface area contributed by atoms with Gasteiger partial charge in [-0.05, 0) is 25.9 Å². The summed E-state index contributed by atoms with van der Waals surface area (Å²) >= 11 is 0. The molecule has 0 aliphatic carbocycles. The molecule has 5 heteroatoms. The fourth-order valence-corrected chi connectivity index (χ4v) is 2.12. The maximum Gasteiger partial charge on any atom is 0.0962 e. The summed E-state index contributed by atoms with van der Waals surface area (Å²) in [6, 6.07) is 0.478. The Morgan fingerprint density at radius 1 is 1.60 bits per heavy atom. The van der Waals surface area contributed by atoms with Crippen molar-refractivity contribution in [2.45, 2.75) is 32.4 Å². The van der Waals surface area contributed by atoms with Gasteiger partial charge in [-0.25, -0.2) is 4.68 Å². The third-order valence-electron chi connectivity index (χ3n) is 3.07. The van der Waals surface area contributed by atoms with Crippen LogP contribution in [-0.4, -0.2) is 39.5 Å². The van der Waals surface area contributed by atoms with Gasteiger partial charge in [0, 0.05) is 13.1 Å². The Bertz CT molecular complexity index is 309. The van der Waals surface area contributed by atoms with Crippen molar-refractivity contribution in [2.24, 2.45) is 5.73 Å². The summed E-state index contributed by atoms with van der Waals surface area (Å²) in [6.45, 7) is 6.10. The topological polar surface area (TPSA) is 60.0 Å². The van der Waals surface area contributed by atoms with Gasteiger partial charge in [-0.1, -0.05) is 12.1 Å². The first-order chi connectivity index (χ1) is 7.33. The zero-order valence-electron chi connectivity index (χ0n) is 9.26. The molecule has 2 heterocycles. The predicted molar refractivity (Wildman–Crippen MR) is 58.3 cm³/mol. The van der Waals surface area contributed by atoms with E-state index in [1.54, 1.807) is 0 Å². The number of nitrogens with two attached hydrogens (primary N) is 1. The zero-order valence-corrected chi connectivity index (χ0v) is 9.26. The first-order valence-corrected chi connectivity index (χ1v) is 5.66. The lowest BCUT2D eigenvalue weighted by atomic mass is 10.1. The SMILES string of the molecule is CCN1CCC[C@@H](n2cc(CN)nn2)C1. The van der Waals surface area contributed by atoms with E-state index in [2.05, 4.69) is 22.1 Å². The van der Waals surface area contributed by atoms with Crippen LogP contribution in [-0.2, 0) is 6.54 Å². The molecular formula is C10H19N5. The third kappa shape index (κ3) is 2.35. The van der Waals surface area contributed by atoms with Crippen molar-refractivity contribution in [3.05, 3.63) is 11.9 Å². The highest BCUT2D eigenvalue weighted by atomic mass is 15.4. The summed E-state index contributed by atoms with van der Waals surface area (Å²) in [5, 5.41) is 8.17. The van der Waals surface area contributed by atoms with Crippen LogP contribution in [0.5, 0.6) is 0 Å². The van der Waals surface area contributed by atoms with Crippen LogP contribution in [0.4, 0.5) is 0 Å². The van der Waals surface area contributed by atoms with E-state index in [-0.39, 0.29) is 0 Å². The summed E-state index contributed by atoms with van der Waals surface area (Å²) in [4.78, 5) is 2.46. The average Bonchev–Trinajstić information content (AvgIpc) is 2.78. The van der Waals surface area contributed by atoms with Gasteiger partial charge in [0.2, 0.25) is 0 Å². The molecule has 15 heavy (non-hydrogen) atoms. The van der Waals surface area contributed by atoms with Crippen molar-refractivity contribution in [1.82, 2.24) is 19.9 Å². The first kappa shape index (κ1) is 10.6. The number of aromatic nitrogens is 3. The number of hydrogen-bond donors (Lipinski definition) is 1. The fraction of sp³-hybridized carbons (Fsp3) is 0.800. The van der Waals surface area contributed by atoms with E-state index in [0.717, 1.165) is 18.8 Å². The molecule has 1 atom stereocenters. The molecule has 0 aromatic carbocycles. The van der Waals surface area contributed by atoms with Crippen molar-refractivity contribution in [3.63, 3.8) is 0 Å². The van der Waals surface area contributed by atoms with Crippen molar-refractivity contribution < 1.29 is 0 Å². The van der Waals surface area contributed by atoms with E-state index in [9.17, 15) is 0 Å². The van der Waals surface area contributed by atoms with Crippen molar-refractivity contribution in [2.75, 3.05) is 19.6 Å². The molecule has 0 radical (unpaired) electrons. The smallest absolute Gasteiger partial charge is 0.0962 e. The number of hydrogen-bond acceptors (Lipinski definition) is 4. The van der Waals surface area contributed by atoms with E-state index in [1.807, 2.05) is 10.9 Å². The van der Waals surface area contributed by atoms with Crippen molar-refractivity contribution in [1.29, 1.82) is 0 Å². The largest absolute Gasteiger partial charge is 0.325 e. The lowest BCUT2D eigenvalue weighted by molar-refractivity contribution is 0.176. The van der Waals surface area contributed by atoms with E-state index >= 15 is 0 Å². The Morgan fingerprint density at radius 2 is 2.47 bits per heavy atom. The van der Waals surface area contributed by atoms with Gasteiger partial charge in [0.1, 0.15) is 0 Å². The highest BCUT2D eigenvalue weighted by molar-refractivity contribution is 4.93. The van der Waals surface area contributed by atoms with Crippen molar-refractivity contribution in [3.8, 4) is 0 Å². The molecule has 5 nitrogen and oxygen atoms in total. The lowest BCUT2D eigenvalue weighted by Gasteiger charge is -2.31. The van der Waals surface area contributed by atoms with E-state index in [1.165, 1.54) is 19.4 Å². The monoisotopic (exact) mass is 209 g/mol. The minimum absolute atomic E-state index is 0.476. The second-order valence-electron chi connectivity index (χ2n) is 4.08. The maximum atomic E-state index is 5.52. The summed E-state index contributed by atoms with van der Waals surface area (Å²) < 4.78 is 1.98. The predicted octanol–water partition coefficient (Wildman–Crippen LogP) is 0.394. The molecule has 0 bridgehead atoms. The number of piperidine rings is 1. The quantitative estimate of drug-likeness (QED) is 0.782. The minimum atomic E-state index is 0.476. The molecule has 1 saturated heterocycles. The summed E-state index contributed by atoms with van der Waals surface area (Å²) in [6.07, 6.45) is 4.42. The Morgan fingerprint density at radius 3 is 3.13 bits per heavy atom. The van der Waals surface area contributed by atoms with Crippen LogP contribution in [0.2, 0.25) is 0 Å². The zero-order chi connectivity index (χ0) is 10.7. The fourth-order valence-electron chi connectivity index (χ4n) is 2.12. The third-order valence-corrected chi connectivity index (χ3v) is 3.07. The van der Waals surface area contributed by atoms with Crippen LogP contribution in [0.15, 0.2) is 6.20 Å². The van der Waals surface area contributed by atoms with Gasteiger partial charge in [-0.15, -0.1) is 5.10 Å². The van der Waals surface area contributed by atoms with Gasteiger partial charge in [0.15, 0.2) is 0 Å². The summed E-state index contributed by atoms with van der Waals surface area (Å²) in [5.41, 5.74) is 6.40. The molecular weight excluding hydrogens is 190 g/mol. The van der Waals surface area contributed by atoms with Gasteiger partial charge in [0.25, 0.3) is 0 Å². The van der Waals surface area contributed by atoms with E-state index in [0.29, 0.717) is 12.6 Å². The molecule has 2 N–H and O–H groups in total. The number of nitrogens with zero attached hydrogens (tertiary/aromatic N) is 4. The van der Waals surface area contributed by atoms with Crippen LogP contribution in [0, 0.1) is 0 Å². The molecule has 1 aromatic rings. The molecule has 1 aliphatic rings. The first-order valence-electron chi connectivity index (χ1n) is 5.66. The molecule has 1 fully saturated rings. The maximum absolute atomic E-state index is 5.52. The number of likely N-dealkylation sites (tertiary alicyclic amines) is 1. The highest BCUT2D eigenvalue weighted by Gasteiger charge is 2.20. The Labute approximate surface area is 90.2 Å². The normalized spacial score (nSPS) is 23.2. The Hall–Kier alpha value is -0.940. The van der Waals surface area contributed by atoms with Crippen LogP contribution in [0.1, 0.15) is 31.5 Å². The van der Waals surface area contributed by atoms with Crippen LogP contribution in [0.3, 0.4) is 0 Å². The molecule has 0 spiro atoms. The average molecular weight is 209 g/mol. The van der Waals surface area contributed by atoms with Gasteiger partial charge < -0.3 is 10.6 Å². The Balaban J connectivity index is 2.03. The van der Waals surface area contributed by atoms with Gasteiger partial charge >= 0.3 is 0 Å². The minimum Gasteiger partial charge on any atom is -0.325 e. The molecule has 84 valence electrons. The molecule has 0 saturated carbocycles. The number of rotatable bonds is 3. The Kier molecular flexibility index (Phi) is 3.33. The standard InChI is InChI=1S/C10H19N5/c1-2-14-5-3-4-10(8-14)15-7-9(6-11)12-13-15/h7,10H,2-6,8,11H2,1H3/t10-/m1/s1. The number of likely N-dealkylation sites (N-methyl/N-ethyl adjacent to an activating group) is 1. The second-order valence-corrected chi connectivity index (χ2v) is 4.08. The van der Waals surface area contributed by atoms with Crippen LogP contribution < -0.4 is 5.73 Å². The van der Waals surface area contributed by atoms with E-state index in [4.69, 9.17) is 5.73 Å². The van der Waals surface area contributed by atoms with Crippen LogP contribution >= 0.6 is 0 Å². The highest BCUT2D eigenvalue weighted by Crippen LogP contribution is 2.20. The molecule has 1 aliphatic heterocycles. The van der Waals surface area contributed by atoms with Gasteiger partial charge in [-0.3, -0.25) is 0 Å². The van der Waals surface area contributed by atoms with Crippen LogP contribution in [0.25, 0.3) is 0 Å². The van der Waals surface area contributed by atoms with E-state index < -0.39 is 0 Å². The molecule has 0 unspecified atom stereocenters. The van der Waals surface area contributed by atoms with Crippen molar-refractivity contribution >= 4 is 0 Å². The summed E-state index contributed by atoms with van der Waals surface area (Å²) in [7, 11) is 0. The molecule has 1 aromatic heterocycles. The molecule has 0 amide bonds. The second kappa shape index (κ2) is 4.72. The molecule has 2 rings (SSSR count).